The van der Waals surface area contributed by atoms with Crippen LogP contribution < -0.4 is 5.46 Å². The third kappa shape index (κ3) is 3.16. The topological polar surface area (TPSA) is 18.5 Å². The fourth-order valence-electron chi connectivity index (χ4n) is 3.21. The molecule has 0 fully saturated rings. The first kappa shape index (κ1) is 18.5. The lowest BCUT2D eigenvalue weighted by Gasteiger charge is -2.40. The lowest BCUT2D eigenvalue weighted by atomic mass is 9.82. The van der Waals surface area contributed by atoms with Crippen molar-refractivity contribution in [1.82, 2.24) is 0 Å². The lowest BCUT2D eigenvalue weighted by molar-refractivity contribution is -0.114. The Bertz CT molecular complexity index is 1130. The summed E-state index contributed by atoms with van der Waals surface area (Å²) in [6.45, 7) is 8.18. The summed E-state index contributed by atoms with van der Waals surface area (Å²) in [6, 6.07) is 19.6. The number of rotatable bonds is 5. The molecule has 0 saturated heterocycles. The van der Waals surface area contributed by atoms with Gasteiger partial charge in [-0.1, -0.05) is 54.0 Å². The Morgan fingerprint density at radius 1 is 0.815 bits per heavy atom. The van der Waals surface area contributed by atoms with E-state index in [1.807, 2.05) is 32.7 Å². The van der Waals surface area contributed by atoms with Crippen LogP contribution in [-0.4, -0.2) is 25.8 Å². The highest BCUT2D eigenvalue weighted by Gasteiger charge is 2.37. The molecule has 0 bridgehead atoms. The van der Waals surface area contributed by atoms with E-state index >= 15 is 0 Å². The molecular formula is C23H24BO2S. The maximum absolute atomic E-state index is 6.11. The van der Waals surface area contributed by atoms with Crippen molar-refractivity contribution in [2.75, 3.05) is 7.11 Å². The summed E-state index contributed by atoms with van der Waals surface area (Å²) in [5, 5.41) is 5.19. The van der Waals surface area contributed by atoms with Gasteiger partial charge in [-0.15, -0.1) is 11.3 Å². The van der Waals surface area contributed by atoms with Crippen molar-refractivity contribution in [3.05, 3.63) is 54.6 Å². The van der Waals surface area contributed by atoms with Gasteiger partial charge in [0.05, 0.1) is 11.2 Å². The van der Waals surface area contributed by atoms with E-state index in [9.17, 15) is 0 Å². The molecule has 0 atom stereocenters. The van der Waals surface area contributed by atoms with E-state index in [0.717, 1.165) is 5.46 Å². The molecule has 3 aromatic carbocycles. The van der Waals surface area contributed by atoms with Crippen LogP contribution in [0.1, 0.15) is 27.7 Å². The van der Waals surface area contributed by atoms with Gasteiger partial charge in [-0.25, -0.2) is 0 Å². The van der Waals surface area contributed by atoms with Crippen LogP contribution in [0.15, 0.2) is 54.6 Å². The van der Waals surface area contributed by atoms with E-state index in [-0.39, 0.29) is 5.60 Å². The van der Waals surface area contributed by atoms with Crippen molar-refractivity contribution in [3.63, 3.8) is 0 Å². The molecule has 0 N–H and O–H groups in total. The molecule has 0 saturated carbocycles. The minimum atomic E-state index is -0.438. The maximum Gasteiger partial charge on any atom is 0.330 e. The van der Waals surface area contributed by atoms with E-state index in [2.05, 4.69) is 68.4 Å². The van der Waals surface area contributed by atoms with Gasteiger partial charge in [0.2, 0.25) is 0 Å². The smallest absolute Gasteiger partial charge is 0.330 e. The summed E-state index contributed by atoms with van der Waals surface area (Å²) in [5.41, 5.74) is 0.235. The fourth-order valence-corrected chi connectivity index (χ4v) is 4.44. The van der Waals surface area contributed by atoms with Crippen molar-refractivity contribution in [2.45, 2.75) is 38.9 Å². The Morgan fingerprint density at radius 2 is 1.56 bits per heavy atom. The number of thiophene rings is 1. The molecule has 1 heterocycles. The van der Waals surface area contributed by atoms with Crippen molar-refractivity contribution in [3.8, 4) is 0 Å². The molecular weight excluding hydrogens is 351 g/mol. The summed E-state index contributed by atoms with van der Waals surface area (Å²) in [4.78, 5) is 0. The molecule has 2 nitrogen and oxygen atoms in total. The number of fused-ring (bicyclic) bond motifs is 5. The van der Waals surface area contributed by atoms with Crippen LogP contribution >= 0.6 is 11.3 Å². The Morgan fingerprint density at radius 3 is 2.33 bits per heavy atom. The molecule has 0 amide bonds. The molecule has 0 aliphatic carbocycles. The minimum Gasteiger partial charge on any atom is -0.427 e. The van der Waals surface area contributed by atoms with E-state index in [0.29, 0.717) is 0 Å². The molecule has 0 unspecified atom stereocenters. The van der Waals surface area contributed by atoms with Gasteiger partial charge in [-0.2, -0.15) is 0 Å². The van der Waals surface area contributed by atoms with E-state index < -0.39 is 5.60 Å². The minimum absolute atomic E-state index is 0.385. The maximum atomic E-state index is 6.11. The predicted molar refractivity (Wildman–Crippen MR) is 118 cm³/mol. The van der Waals surface area contributed by atoms with Gasteiger partial charge in [0, 0.05) is 27.3 Å². The fraction of sp³-hybridized carbons (Fsp3) is 0.304. The molecule has 0 aliphatic rings. The average Bonchev–Trinajstić information content (AvgIpc) is 3.05. The van der Waals surface area contributed by atoms with Gasteiger partial charge >= 0.3 is 7.48 Å². The summed E-state index contributed by atoms with van der Waals surface area (Å²) in [6.07, 6.45) is 0. The highest BCUT2D eigenvalue weighted by Crippen LogP contribution is 2.37. The summed E-state index contributed by atoms with van der Waals surface area (Å²) in [5.74, 6) is 0. The van der Waals surface area contributed by atoms with Crippen LogP contribution in [-0.2, 0) is 9.39 Å². The summed E-state index contributed by atoms with van der Waals surface area (Å²) in [7, 11) is 3.56. The zero-order valence-electron chi connectivity index (χ0n) is 16.5. The normalized spacial score (nSPS) is 12.9. The largest absolute Gasteiger partial charge is 0.427 e. The van der Waals surface area contributed by atoms with Crippen LogP contribution in [0.5, 0.6) is 0 Å². The van der Waals surface area contributed by atoms with E-state index in [1.165, 1.54) is 30.9 Å². The molecule has 1 radical (unpaired) electrons. The SMILES string of the molecule is COC(C)(C)C(C)(C)O[B]c1ccc2c(ccc3c4ccccc4sc23)c1. The number of benzene rings is 3. The highest BCUT2D eigenvalue weighted by atomic mass is 32.1. The predicted octanol–water partition coefficient (Wildman–Crippen LogP) is 5.67. The van der Waals surface area contributed by atoms with Crippen molar-refractivity contribution in [2.24, 2.45) is 0 Å². The quantitative estimate of drug-likeness (QED) is 0.418. The van der Waals surface area contributed by atoms with Gasteiger partial charge in [-0.05, 0) is 44.5 Å². The second kappa shape index (κ2) is 6.63. The standard InChI is InChI=1S/C23H24BO2S/c1-22(2,25-5)23(3,4)26-24-16-11-13-17-15(14-16)10-12-19-18-8-6-7-9-20(18)27-21(17)19/h6-14H,1-5H3. The van der Waals surface area contributed by atoms with Gasteiger partial charge in [0.1, 0.15) is 0 Å². The summed E-state index contributed by atoms with van der Waals surface area (Å²) >= 11 is 1.86. The van der Waals surface area contributed by atoms with E-state index in [1.54, 1.807) is 7.11 Å². The monoisotopic (exact) mass is 375 g/mol. The highest BCUT2D eigenvalue weighted by molar-refractivity contribution is 7.26. The first-order valence-electron chi connectivity index (χ1n) is 9.23. The Kier molecular flexibility index (Phi) is 4.54. The first-order valence-corrected chi connectivity index (χ1v) is 10.0. The van der Waals surface area contributed by atoms with Crippen molar-refractivity contribution >= 4 is 55.2 Å². The average molecular weight is 375 g/mol. The van der Waals surface area contributed by atoms with Crippen LogP contribution in [0.2, 0.25) is 0 Å². The van der Waals surface area contributed by atoms with Gasteiger partial charge in [0.25, 0.3) is 0 Å². The zero-order chi connectivity index (χ0) is 19.2. The molecule has 0 spiro atoms. The van der Waals surface area contributed by atoms with Crippen LogP contribution in [0.3, 0.4) is 0 Å². The van der Waals surface area contributed by atoms with Gasteiger partial charge in [-0.3, -0.25) is 0 Å². The zero-order valence-corrected chi connectivity index (χ0v) is 17.3. The van der Waals surface area contributed by atoms with Gasteiger partial charge < -0.3 is 9.39 Å². The third-order valence-electron chi connectivity index (χ3n) is 5.83. The second-order valence-corrected chi connectivity index (χ2v) is 9.03. The molecule has 27 heavy (non-hydrogen) atoms. The third-order valence-corrected chi connectivity index (χ3v) is 7.05. The Hall–Kier alpha value is -1.88. The summed E-state index contributed by atoms with van der Waals surface area (Å²) < 4.78 is 14.4. The van der Waals surface area contributed by atoms with Gasteiger partial charge in [0.15, 0.2) is 0 Å². The lowest BCUT2D eigenvalue weighted by Crippen LogP contribution is -2.50. The molecule has 4 aromatic rings. The second-order valence-electron chi connectivity index (χ2n) is 7.98. The molecule has 0 aliphatic heterocycles. The van der Waals surface area contributed by atoms with Crippen LogP contribution in [0, 0.1) is 0 Å². The van der Waals surface area contributed by atoms with Crippen molar-refractivity contribution < 1.29 is 9.39 Å². The Labute approximate surface area is 165 Å². The van der Waals surface area contributed by atoms with E-state index in [4.69, 9.17) is 9.39 Å². The molecule has 4 heteroatoms. The molecule has 4 rings (SSSR count). The van der Waals surface area contributed by atoms with Crippen molar-refractivity contribution in [1.29, 1.82) is 0 Å². The number of ether oxygens (including phenoxy) is 1. The van der Waals surface area contributed by atoms with Crippen LogP contribution in [0.4, 0.5) is 0 Å². The first-order chi connectivity index (χ1) is 12.8. The number of methoxy groups -OCH3 is 1. The number of hydrogen-bond acceptors (Lipinski definition) is 3. The molecule has 137 valence electrons. The molecule has 1 aromatic heterocycles. The number of hydrogen-bond donors (Lipinski definition) is 0. The Balaban J connectivity index is 1.69. The van der Waals surface area contributed by atoms with Crippen LogP contribution in [0.25, 0.3) is 30.9 Å².